The van der Waals surface area contributed by atoms with Gasteiger partial charge in [-0.25, -0.2) is 14.7 Å². The molecule has 1 fully saturated rings. The van der Waals surface area contributed by atoms with Crippen LogP contribution in [-0.2, 0) is 16.1 Å². The van der Waals surface area contributed by atoms with Crippen molar-refractivity contribution in [3.63, 3.8) is 0 Å². The molecule has 3 amide bonds. The summed E-state index contributed by atoms with van der Waals surface area (Å²) in [7, 11) is 0. The molecule has 1 N–H and O–H groups in total. The standard InChI is InChI=1S/C23H27N3O4/c1-6-23(5)20(27)26(21(28)25-23)15-8-10-18(24-12-15)30-16-9-7-14-13-29-19(17(14)11-16)22(2,3)4/h7-12,19H,6,13H2,1-5H3,(H,25,28). The highest BCUT2D eigenvalue weighted by atomic mass is 16.5. The van der Waals surface area contributed by atoms with Crippen LogP contribution in [0, 0.1) is 5.41 Å². The van der Waals surface area contributed by atoms with E-state index in [4.69, 9.17) is 9.47 Å². The lowest BCUT2D eigenvalue weighted by Crippen LogP contribution is -2.43. The fraction of sp³-hybridized carbons (Fsp3) is 0.435. The van der Waals surface area contributed by atoms with Gasteiger partial charge in [-0.2, -0.15) is 0 Å². The lowest BCUT2D eigenvalue weighted by molar-refractivity contribution is -0.121. The predicted molar refractivity (Wildman–Crippen MR) is 112 cm³/mol. The van der Waals surface area contributed by atoms with Gasteiger partial charge in [-0.15, -0.1) is 0 Å². The second-order valence-electron chi connectivity index (χ2n) is 9.13. The van der Waals surface area contributed by atoms with Gasteiger partial charge >= 0.3 is 6.03 Å². The van der Waals surface area contributed by atoms with Crippen molar-refractivity contribution in [2.45, 2.75) is 59.3 Å². The lowest BCUT2D eigenvalue weighted by Gasteiger charge is -2.27. The zero-order chi connectivity index (χ0) is 21.7. The Balaban J connectivity index is 1.53. The van der Waals surface area contributed by atoms with E-state index in [1.165, 1.54) is 11.8 Å². The number of hydrogen-bond acceptors (Lipinski definition) is 5. The topological polar surface area (TPSA) is 80.8 Å². The molecule has 1 aromatic carbocycles. The van der Waals surface area contributed by atoms with Gasteiger partial charge in [0.1, 0.15) is 11.3 Å². The van der Waals surface area contributed by atoms with Gasteiger partial charge in [0, 0.05) is 6.07 Å². The SMILES string of the molecule is CCC1(C)NC(=O)N(c2ccc(Oc3ccc4c(c3)C(C(C)(C)C)OC4)nc2)C1=O. The number of aromatic nitrogens is 1. The molecular formula is C23H27N3O4. The van der Waals surface area contributed by atoms with Crippen LogP contribution in [0.3, 0.4) is 0 Å². The molecule has 2 aliphatic rings. The monoisotopic (exact) mass is 409 g/mol. The number of pyridine rings is 1. The number of benzene rings is 1. The van der Waals surface area contributed by atoms with Crippen molar-refractivity contribution in [2.24, 2.45) is 5.41 Å². The van der Waals surface area contributed by atoms with E-state index in [1.807, 2.05) is 25.1 Å². The molecule has 2 atom stereocenters. The molecule has 1 aromatic heterocycles. The van der Waals surface area contributed by atoms with Crippen LogP contribution in [0.5, 0.6) is 11.6 Å². The number of urea groups is 1. The number of nitrogens with one attached hydrogen (secondary N) is 1. The Morgan fingerprint density at radius 1 is 1.27 bits per heavy atom. The molecule has 30 heavy (non-hydrogen) atoms. The molecule has 2 unspecified atom stereocenters. The van der Waals surface area contributed by atoms with Gasteiger partial charge in [0.15, 0.2) is 0 Å². The third-order valence-electron chi connectivity index (χ3n) is 5.76. The molecule has 0 aliphatic carbocycles. The van der Waals surface area contributed by atoms with Crippen LogP contribution in [0.15, 0.2) is 36.5 Å². The molecule has 2 aromatic rings. The quantitative estimate of drug-likeness (QED) is 0.739. The van der Waals surface area contributed by atoms with Crippen molar-refractivity contribution < 1.29 is 19.1 Å². The van der Waals surface area contributed by atoms with Crippen LogP contribution in [-0.4, -0.2) is 22.5 Å². The number of anilines is 1. The number of hydrogen-bond donors (Lipinski definition) is 1. The number of imide groups is 1. The van der Waals surface area contributed by atoms with E-state index in [1.54, 1.807) is 19.1 Å². The largest absolute Gasteiger partial charge is 0.439 e. The van der Waals surface area contributed by atoms with E-state index in [0.717, 1.165) is 10.5 Å². The molecule has 7 heteroatoms. The first-order valence-electron chi connectivity index (χ1n) is 10.2. The maximum absolute atomic E-state index is 12.6. The Labute approximate surface area is 176 Å². The summed E-state index contributed by atoms with van der Waals surface area (Å²) < 4.78 is 11.9. The van der Waals surface area contributed by atoms with Crippen molar-refractivity contribution in [1.82, 2.24) is 10.3 Å². The normalized spacial score (nSPS) is 23.5. The van der Waals surface area contributed by atoms with Gasteiger partial charge < -0.3 is 14.8 Å². The summed E-state index contributed by atoms with van der Waals surface area (Å²) in [4.78, 5) is 30.3. The summed E-state index contributed by atoms with van der Waals surface area (Å²) in [6, 6.07) is 8.79. The first-order valence-corrected chi connectivity index (χ1v) is 10.2. The Hall–Kier alpha value is -2.93. The Bertz CT molecular complexity index is 996. The Morgan fingerprint density at radius 2 is 2.03 bits per heavy atom. The third-order valence-corrected chi connectivity index (χ3v) is 5.76. The predicted octanol–water partition coefficient (Wildman–Crippen LogP) is 4.72. The van der Waals surface area contributed by atoms with Crippen LogP contribution in [0.2, 0.25) is 0 Å². The van der Waals surface area contributed by atoms with E-state index in [2.05, 4.69) is 31.1 Å². The second-order valence-corrected chi connectivity index (χ2v) is 9.13. The zero-order valence-corrected chi connectivity index (χ0v) is 18.0. The molecule has 2 aliphatic heterocycles. The number of fused-ring (bicyclic) bond motifs is 1. The van der Waals surface area contributed by atoms with Gasteiger partial charge in [0.25, 0.3) is 5.91 Å². The van der Waals surface area contributed by atoms with Gasteiger partial charge in [0.05, 0.1) is 24.6 Å². The number of amides is 3. The van der Waals surface area contributed by atoms with Crippen molar-refractivity contribution in [3.05, 3.63) is 47.7 Å². The van der Waals surface area contributed by atoms with Crippen LogP contribution >= 0.6 is 0 Å². The number of carbonyl (C=O) groups excluding carboxylic acids is 2. The number of rotatable bonds is 4. The van der Waals surface area contributed by atoms with Crippen molar-refractivity contribution >= 4 is 17.6 Å². The fourth-order valence-electron chi connectivity index (χ4n) is 3.84. The molecule has 0 bridgehead atoms. The van der Waals surface area contributed by atoms with E-state index in [9.17, 15) is 9.59 Å². The van der Waals surface area contributed by atoms with Crippen LogP contribution in [0.4, 0.5) is 10.5 Å². The lowest BCUT2D eigenvalue weighted by atomic mass is 9.84. The summed E-state index contributed by atoms with van der Waals surface area (Å²) in [6.45, 7) is 10.6. The molecule has 3 heterocycles. The van der Waals surface area contributed by atoms with Crippen molar-refractivity contribution in [1.29, 1.82) is 0 Å². The number of nitrogens with zero attached hydrogens (tertiary/aromatic N) is 2. The molecule has 158 valence electrons. The smallest absolute Gasteiger partial charge is 0.329 e. The van der Waals surface area contributed by atoms with E-state index >= 15 is 0 Å². The molecule has 0 saturated carbocycles. The second kappa shape index (κ2) is 7.09. The Kier molecular flexibility index (Phi) is 4.81. The summed E-state index contributed by atoms with van der Waals surface area (Å²) in [5, 5.41) is 2.74. The minimum Gasteiger partial charge on any atom is -0.439 e. The molecule has 0 radical (unpaired) electrons. The highest BCUT2D eigenvalue weighted by molar-refractivity contribution is 6.23. The zero-order valence-electron chi connectivity index (χ0n) is 18.0. The minimum absolute atomic E-state index is 0.0129. The summed E-state index contributed by atoms with van der Waals surface area (Å²) in [6.07, 6.45) is 2.00. The summed E-state index contributed by atoms with van der Waals surface area (Å²) in [5.74, 6) is 0.773. The number of ether oxygens (including phenoxy) is 2. The van der Waals surface area contributed by atoms with Gasteiger partial charge in [0.2, 0.25) is 5.88 Å². The van der Waals surface area contributed by atoms with Crippen molar-refractivity contribution in [3.8, 4) is 11.6 Å². The van der Waals surface area contributed by atoms with Crippen LogP contribution in [0.1, 0.15) is 58.3 Å². The van der Waals surface area contributed by atoms with E-state index in [-0.39, 0.29) is 17.4 Å². The Morgan fingerprint density at radius 3 is 2.63 bits per heavy atom. The molecular weight excluding hydrogens is 382 g/mol. The average molecular weight is 409 g/mol. The van der Waals surface area contributed by atoms with Gasteiger partial charge in [-0.05, 0) is 48.1 Å². The molecule has 7 nitrogen and oxygen atoms in total. The molecule has 0 spiro atoms. The van der Waals surface area contributed by atoms with Gasteiger partial charge in [-0.3, -0.25) is 4.79 Å². The number of carbonyl (C=O) groups is 2. The highest BCUT2D eigenvalue weighted by Crippen LogP contribution is 2.44. The average Bonchev–Trinajstić information content (AvgIpc) is 3.21. The summed E-state index contributed by atoms with van der Waals surface area (Å²) >= 11 is 0. The fourth-order valence-corrected chi connectivity index (χ4v) is 3.84. The van der Waals surface area contributed by atoms with Crippen LogP contribution in [0.25, 0.3) is 0 Å². The maximum atomic E-state index is 12.6. The minimum atomic E-state index is -0.887. The summed E-state index contributed by atoms with van der Waals surface area (Å²) in [5.41, 5.74) is 1.82. The highest BCUT2D eigenvalue weighted by Gasteiger charge is 2.47. The van der Waals surface area contributed by atoms with Gasteiger partial charge in [-0.1, -0.05) is 33.8 Å². The first kappa shape index (κ1) is 20.3. The third kappa shape index (κ3) is 3.43. The maximum Gasteiger partial charge on any atom is 0.329 e. The van der Waals surface area contributed by atoms with E-state index < -0.39 is 11.6 Å². The van der Waals surface area contributed by atoms with E-state index in [0.29, 0.717) is 30.3 Å². The van der Waals surface area contributed by atoms with Crippen molar-refractivity contribution in [2.75, 3.05) is 4.90 Å². The first-order chi connectivity index (χ1) is 14.1. The van der Waals surface area contributed by atoms with Crippen LogP contribution < -0.4 is 15.0 Å². The molecule has 4 rings (SSSR count). The molecule has 1 saturated heterocycles.